The predicted octanol–water partition coefficient (Wildman–Crippen LogP) is 1.25. The van der Waals surface area contributed by atoms with E-state index >= 15 is 0 Å². The molecular formula is C15H31NaO3. The summed E-state index contributed by atoms with van der Waals surface area (Å²) >= 11 is 0. The number of carboxylic acid groups (broad SMARTS) is 1. The molecule has 0 aromatic rings. The molecule has 3 nitrogen and oxygen atoms in total. The summed E-state index contributed by atoms with van der Waals surface area (Å²) in [5.74, 6) is -0.670. The minimum Gasteiger partial charge on any atom is -1.00 e. The van der Waals surface area contributed by atoms with Gasteiger partial charge in [-0.2, -0.15) is 0 Å². The van der Waals surface area contributed by atoms with Gasteiger partial charge >= 0.3 is 35.5 Å². The minimum atomic E-state index is -0.670. The van der Waals surface area contributed by atoms with Gasteiger partial charge in [0.2, 0.25) is 0 Å². The van der Waals surface area contributed by atoms with Gasteiger partial charge in [0.1, 0.15) is 0 Å². The maximum absolute atomic E-state index is 10.3. The van der Waals surface area contributed by atoms with E-state index in [0.717, 1.165) is 19.3 Å². The van der Waals surface area contributed by atoms with E-state index in [1.165, 1.54) is 57.8 Å². The molecule has 0 rings (SSSR count). The predicted molar refractivity (Wildman–Crippen MR) is 75.9 cm³/mol. The Morgan fingerprint density at radius 1 is 0.684 bits per heavy atom. The Morgan fingerprint density at radius 2 is 1.00 bits per heavy atom. The number of rotatable bonds is 14. The number of carbonyl (C=O) groups is 1. The second-order valence-electron chi connectivity index (χ2n) is 5.11. The molecule has 0 saturated heterocycles. The Hall–Kier alpha value is 0.430. The van der Waals surface area contributed by atoms with E-state index < -0.39 is 5.97 Å². The van der Waals surface area contributed by atoms with Crippen LogP contribution in [0.5, 0.6) is 0 Å². The summed E-state index contributed by atoms with van der Waals surface area (Å²) in [6.07, 6.45) is 14.6. The Kier molecular flexibility index (Phi) is 21.1. The van der Waals surface area contributed by atoms with Crippen LogP contribution < -0.4 is 29.6 Å². The van der Waals surface area contributed by atoms with Crippen molar-refractivity contribution < 1.29 is 46.0 Å². The second-order valence-corrected chi connectivity index (χ2v) is 5.11. The molecule has 0 saturated carbocycles. The van der Waals surface area contributed by atoms with Crippen molar-refractivity contribution in [2.75, 3.05) is 6.61 Å². The Morgan fingerprint density at radius 3 is 1.32 bits per heavy atom. The number of carboxylic acids is 1. The molecule has 110 valence electrons. The summed E-state index contributed by atoms with van der Waals surface area (Å²) in [7, 11) is 0. The quantitative estimate of drug-likeness (QED) is 0.372. The normalized spacial score (nSPS) is 10.2. The number of aliphatic hydroxyl groups is 1. The van der Waals surface area contributed by atoms with Crippen molar-refractivity contribution in [2.24, 2.45) is 0 Å². The van der Waals surface area contributed by atoms with Crippen LogP contribution in [0.3, 0.4) is 0 Å². The molecule has 0 fully saturated rings. The van der Waals surface area contributed by atoms with Crippen LogP contribution in [0.2, 0.25) is 0 Å². The van der Waals surface area contributed by atoms with Crippen LogP contribution in [0.1, 0.15) is 84.9 Å². The maximum Gasteiger partial charge on any atom is 1.00 e. The Bertz CT molecular complexity index is 192. The first kappa shape index (κ1) is 21.7. The van der Waals surface area contributed by atoms with E-state index in [9.17, 15) is 4.79 Å². The van der Waals surface area contributed by atoms with Gasteiger partial charge in [0, 0.05) is 13.0 Å². The fourth-order valence-electron chi connectivity index (χ4n) is 2.16. The van der Waals surface area contributed by atoms with Crippen molar-refractivity contribution in [2.45, 2.75) is 83.5 Å². The molecule has 0 radical (unpaired) electrons. The van der Waals surface area contributed by atoms with Crippen LogP contribution in [0.15, 0.2) is 0 Å². The topological polar surface area (TPSA) is 57.5 Å². The maximum atomic E-state index is 10.3. The van der Waals surface area contributed by atoms with Crippen molar-refractivity contribution in [3.8, 4) is 0 Å². The van der Waals surface area contributed by atoms with Gasteiger partial charge in [-0.1, -0.05) is 64.2 Å². The minimum absolute atomic E-state index is 0. The standard InChI is InChI=1S/C15H30O3.Na.H/c16-14-12-10-8-6-4-2-1-3-5-7-9-11-13-15(17)18;;/h16H,1-14H2,(H,17,18);;/q;+1;-1. The van der Waals surface area contributed by atoms with Gasteiger partial charge < -0.3 is 11.6 Å². The monoisotopic (exact) mass is 282 g/mol. The zero-order valence-electron chi connectivity index (χ0n) is 13.7. The molecule has 0 amide bonds. The van der Waals surface area contributed by atoms with Gasteiger partial charge in [0.05, 0.1) is 0 Å². The summed E-state index contributed by atoms with van der Waals surface area (Å²) in [6.45, 7) is 0.335. The zero-order valence-corrected chi connectivity index (χ0v) is 14.7. The third-order valence-corrected chi connectivity index (χ3v) is 3.30. The fraction of sp³-hybridized carbons (Fsp3) is 0.933. The molecule has 0 heterocycles. The molecule has 2 N–H and O–H groups in total. The number of hydrogen-bond donors (Lipinski definition) is 2. The number of unbranched alkanes of at least 4 members (excludes halogenated alkanes) is 11. The molecule has 0 aliphatic heterocycles. The molecule has 19 heavy (non-hydrogen) atoms. The van der Waals surface area contributed by atoms with Crippen LogP contribution in [0, 0.1) is 0 Å². The molecule has 0 aliphatic rings. The molecule has 0 atom stereocenters. The first-order valence-corrected chi connectivity index (χ1v) is 7.60. The largest absolute Gasteiger partial charge is 1.00 e. The summed E-state index contributed by atoms with van der Waals surface area (Å²) in [5.41, 5.74) is 0. The summed E-state index contributed by atoms with van der Waals surface area (Å²) in [6, 6.07) is 0. The van der Waals surface area contributed by atoms with Gasteiger partial charge in [0.15, 0.2) is 0 Å². The molecule has 0 unspecified atom stereocenters. The third-order valence-electron chi connectivity index (χ3n) is 3.30. The summed E-state index contributed by atoms with van der Waals surface area (Å²) in [5, 5.41) is 17.1. The molecule has 0 spiro atoms. The summed E-state index contributed by atoms with van der Waals surface area (Å²) in [4.78, 5) is 10.3. The van der Waals surface area contributed by atoms with Gasteiger partial charge in [-0.3, -0.25) is 4.79 Å². The van der Waals surface area contributed by atoms with Crippen LogP contribution in [0.25, 0.3) is 0 Å². The van der Waals surface area contributed by atoms with E-state index in [-0.39, 0.29) is 31.0 Å². The van der Waals surface area contributed by atoms with Crippen LogP contribution in [-0.2, 0) is 4.79 Å². The fourth-order valence-corrected chi connectivity index (χ4v) is 2.16. The van der Waals surface area contributed by atoms with E-state index in [2.05, 4.69) is 0 Å². The first-order chi connectivity index (χ1) is 8.77. The SMILES string of the molecule is O=C(O)CCCCCCCCCCCCCCO.[H-].[Na+]. The van der Waals surface area contributed by atoms with E-state index in [0.29, 0.717) is 13.0 Å². The smallest absolute Gasteiger partial charge is 1.00 e. The second kappa shape index (κ2) is 18.4. The average molecular weight is 282 g/mol. The molecule has 0 bridgehead atoms. The Balaban J connectivity index is -0.00000144. The van der Waals surface area contributed by atoms with Gasteiger partial charge in [-0.15, -0.1) is 0 Å². The molecular weight excluding hydrogens is 251 g/mol. The molecule has 4 heteroatoms. The van der Waals surface area contributed by atoms with Crippen LogP contribution in [0.4, 0.5) is 0 Å². The Labute approximate surface area is 141 Å². The van der Waals surface area contributed by atoms with Gasteiger partial charge in [-0.05, 0) is 12.8 Å². The van der Waals surface area contributed by atoms with Gasteiger partial charge in [-0.25, -0.2) is 0 Å². The van der Waals surface area contributed by atoms with E-state index in [1.807, 2.05) is 0 Å². The van der Waals surface area contributed by atoms with Crippen LogP contribution >= 0.6 is 0 Å². The number of hydrogen-bond acceptors (Lipinski definition) is 2. The number of aliphatic hydroxyl groups excluding tert-OH is 1. The van der Waals surface area contributed by atoms with Crippen molar-refractivity contribution >= 4 is 5.97 Å². The summed E-state index contributed by atoms with van der Waals surface area (Å²) < 4.78 is 0. The third kappa shape index (κ3) is 20.9. The average Bonchev–Trinajstić information content (AvgIpc) is 2.34. The van der Waals surface area contributed by atoms with E-state index in [1.54, 1.807) is 0 Å². The van der Waals surface area contributed by atoms with E-state index in [4.69, 9.17) is 10.2 Å². The van der Waals surface area contributed by atoms with Crippen molar-refractivity contribution in [3.05, 3.63) is 0 Å². The zero-order chi connectivity index (χ0) is 13.5. The first-order valence-electron chi connectivity index (χ1n) is 7.60. The molecule has 0 aliphatic carbocycles. The number of aliphatic carboxylic acids is 1. The van der Waals surface area contributed by atoms with Crippen molar-refractivity contribution in [1.29, 1.82) is 0 Å². The van der Waals surface area contributed by atoms with Gasteiger partial charge in [0.25, 0.3) is 0 Å². The van der Waals surface area contributed by atoms with Crippen molar-refractivity contribution in [3.63, 3.8) is 0 Å². The van der Waals surface area contributed by atoms with Crippen molar-refractivity contribution in [1.82, 2.24) is 0 Å². The van der Waals surface area contributed by atoms with Crippen LogP contribution in [-0.4, -0.2) is 22.8 Å². The molecule has 0 aromatic carbocycles. The molecule has 0 aromatic heterocycles.